The van der Waals surface area contributed by atoms with Gasteiger partial charge in [-0.3, -0.25) is 4.79 Å². The zero-order chi connectivity index (χ0) is 13.8. The second kappa shape index (κ2) is 6.71. The van der Waals surface area contributed by atoms with Crippen molar-refractivity contribution in [2.75, 3.05) is 26.7 Å². The summed E-state index contributed by atoms with van der Waals surface area (Å²) >= 11 is 0. The van der Waals surface area contributed by atoms with Crippen molar-refractivity contribution in [3.05, 3.63) is 0 Å². The van der Waals surface area contributed by atoms with E-state index in [0.29, 0.717) is 18.0 Å². The Morgan fingerprint density at radius 3 is 2.53 bits per heavy atom. The molecule has 0 aromatic heterocycles. The molecule has 1 heterocycles. The molecule has 1 aliphatic heterocycles. The summed E-state index contributed by atoms with van der Waals surface area (Å²) in [4.78, 5) is 16.6. The third kappa shape index (κ3) is 4.18. The lowest BCUT2D eigenvalue weighted by Gasteiger charge is -2.38. The van der Waals surface area contributed by atoms with Gasteiger partial charge in [0.05, 0.1) is 0 Å². The Hall–Kier alpha value is -0.610. The van der Waals surface area contributed by atoms with Gasteiger partial charge in [-0.05, 0) is 52.0 Å². The van der Waals surface area contributed by atoms with Crippen LogP contribution in [0.2, 0.25) is 0 Å². The highest BCUT2D eigenvalue weighted by Gasteiger charge is 2.25. The van der Waals surface area contributed by atoms with Crippen LogP contribution in [0.1, 0.15) is 45.4 Å². The number of amides is 1. The van der Waals surface area contributed by atoms with E-state index in [4.69, 9.17) is 5.73 Å². The molecule has 0 radical (unpaired) electrons. The van der Waals surface area contributed by atoms with Gasteiger partial charge in [-0.15, -0.1) is 0 Å². The Morgan fingerprint density at radius 1 is 1.21 bits per heavy atom. The lowest BCUT2D eigenvalue weighted by Crippen LogP contribution is -2.52. The van der Waals surface area contributed by atoms with E-state index < -0.39 is 0 Å². The van der Waals surface area contributed by atoms with Gasteiger partial charge in [0.2, 0.25) is 5.91 Å². The van der Waals surface area contributed by atoms with E-state index in [0.717, 1.165) is 51.2 Å². The van der Waals surface area contributed by atoms with E-state index in [2.05, 4.69) is 23.8 Å². The number of carbonyl (C=O) groups excluding carboxylic acids is 1. The zero-order valence-corrected chi connectivity index (χ0v) is 12.5. The fraction of sp³-hybridized carbons (Fsp3) is 0.933. The van der Waals surface area contributed by atoms with Gasteiger partial charge in [0.1, 0.15) is 0 Å². The monoisotopic (exact) mass is 267 g/mol. The molecule has 1 amide bonds. The Morgan fingerprint density at radius 2 is 1.89 bits per heavy atom. The molecule has 1 aliphatic carbocycles. The van der Waals surface area contributed by atoms with Crippen molar-refractivity contribution in [2.45, 2.75) is 57.5 Å². The molecule has 1 atom stereocenters. The molecule has 2 aliphatic rings. The van der Waals surface area contributed by atoms with Gasteiger partial charge in [0.25, 0.3) is 0 Å². The molecule has 0 aromatic carbocycles. The predicted octanol–water partition coefficient (Wildman–Crippen LogP) is 1.45. The summed E-state index contributed by atoms with van der Waals surface area (Å²) in [7, 11) is 2.14. The van der Waals surface area contributed by atoms with Crippen LogP contribution < -0.4 is 5.73 Å². The molecule has 4 nitrogen and oxygen atoms in total. The smallest absolute Gasteiger partial charge is 0.222 e. The van der Waals surface area contributed by atoms with Crippen LogP contribution in [0.15, 0.2) is 0 Å². The number of hydrogen-bond donors (Lipinski definition) is 1. The first kappa shape index (κ1) is 14.8. The summed E-state index contributed by atoms with van der Waals surface area (Å²) in [6.07, 6.45) is 6.51. The van der Waals surface area contributed by atoms with Crippen LogP contribution in [0, 0.1) is 5.92 Å². The topological polar surface area (TPSA) is 49.6 Å². The maximum absolute atomic E-state index is 12.2. The van der Waals surface area contributed by atoms with E-state index in [1.165, 1.54) is 12.8 Å². The minimum absolute atomic E-state index is 0.356. The van der Waals surface area contributed by atoms with Crippen molar-refractivity contribution in [1.82, 2.24) is 9.80 Å². The fourth-order valence-corrected chi connectivity index (χ4v) is 3.24. The van der Waals surface area contributed by atoms with Crippen molar-refractivity contribution >= 4 is 5.91 Å². The van der Waals surface area contributed by atoms with Crippen LogP contribution in [0.4, 0.5) is 0 Å². The second-order valence-corrected chi connectivity index (χ2v) is 6.49. The number of nitrogens with zero attached hydrogens (tertiary/aromatic N) is 2. The number of hydrogen-bond acceptors (Lipinski definition) is 3. The van der Waals surface area contributed by atoms with Gasteiger partial charge in [0.15, 0.2) is 0 Å². The minimum Gasteiger partial charge on any atom is -0.340 e. The van der Waals surface area contributed by atoms with Gasteiger partial charge in [0, 0.05) is 38.1 Å². The standard InChI is InChI=1S/C15H29N3O/c1-12-11-18(10-9-17(12)2)15(19)8-5-13-3-6-14(16)7-4-13/h12-14H,3-11,16H2,1-2H3. The van der Waals surface area contributed by atoms with E-state index in [1.54, 1.807) is 0 Å². The average Bonchev–Trinajstić information content (AvgIpc) is 2.41. The first-order valence-electron chi connectivity index (χ1n) is 7.80. The van der Waals surface area contributed by atoms with Crippen LogP contribution in [0.5, 0.6) is 0 Å². The molecule has 110 valence electrons. The molecule has 2 N–H and O–H groups in total. The second-order valence-electron chi connectivity index (χ2n) is 6.49. The third-order valence-corrected chi connectivity index (χ3v) is 4.97. The SMILES string of the molecule is CC1CN(C(=O)CCC2CCC(N)CC2)CCN1C. The summed E-state index contributed by atoms with van der Waals surface area (Å²) in [6.45, 7) is 4.99. The van der Waals surface area contributed by atoms with Crippen molar-refractivity contribution in [3.63, 3.8) is 0 Å². The lowest BCUT2D eigenvalue weighted by molar-refractivity contribution is -0.134. The molecule has 0 bridgehead atoms. The van der Waals surface area contributed by atoms with Gasteiger partial charge >= 0.3 is 0 Å². The van der Waals surface area contributed by atoms with Crippen LogP contribution in [-0.4, -0.2) is 54.5 Å². The molecule has 2 rings (SSSR count). The van der Waals surface area contributed by atoms with E-state index >= 15 is 0 Å². The van der Waals surface area contributed by atoms with E-state index in [1.807, 2.05) is 0 Å². The summed E-state index contributed by atoms with van der Waals surface area (Å²) in [5.41, 5.74) is 5.92. The number of likely N-dealkylation sites (N-methyl/N-ethyl adjacent to an activating group) is 1. The molecule has 1 saturated heterocycles. The first-order chi connectivity index (χ1) is 9.06. The lowest BCUT2D eigenvalue weighted by atomic mass is 9.83. The Labute approximate surface area is 117 Å². The first-order valence-corrected chi connectivity index (χ1v) is 7.80. The summed E-state index contributed by atoms with van der Waals surface area (Å²) in [5.74, 6) is 1.09. The van der Waals surface area contributed by atoms with Crippen molar-refractivity contribution in [2.24, 2.45) is 11.7 Å². The quantitative estimate of drug-likeness (QED) is 0.842. The maximum atomic E-state index is 12.2. The molecule has 1 unspecified atom stereocenters. The molecular weight excluding hydrogens is 238 g/mol. The normalized spacial score (nSPS) is 33.4. The number of rotatable bonds is 3. The van der Waals surface area contributed by atoms with Gasteiger partial charge in [-0.25, -0.2) is 0 Å². The Balaban J connectivity index is 1.69. The van der Waals surface area contributed by atoms with Crippen LogP contribution in [0.25, 0.3) is 0 Å². The van der Waals surface area contributed by atoms with E-state index in [-0.39, 0.29) is 0 Å². The van der Waals surface area contributed by atoms with Gasteiger partial charge in [-0.2, -0.15) is 0 Å². The molecular formula is C15H29N3O. The van der Waals surface area contributed by atoms with Crippen LogP contribution in [0.3, 0.4) is 0 Å². The summed E-state index contributed by atoms with van der Waals surface area (Å²) in [5, 5.41) is 0. The highest BCUT2D eigenvalue weighted by molar-refractivity contribution is 5.76. The molecule has 0 spiro atoms. The maximum Gasteiger partial charge on any atom is 0.222 e. The molecule has 0 aromatic rings. The minimum atomic E-state index is 0.356. The fourth-order valence-electron chi connectivity index (χ4n) is 3.24. The molecule has 1 saturated carbocycles. The van der Waals surface area contributed by atoms with Crippen LogP contribution in [-0.2, 0) is 4.79 Å². The highest BCUT2D eigenvalue weighted by atomic mass is 16.2. The average molecular weight is 267 g/mol. The number of nitrogens with two attached hydrogens (primary N) is 1. The summed E-state index contributed by atoms with van der Waals surface area (Å²) in [6, 6.07) is 0.899. The van der Waals surface area contributed by atoms with Gasteiger partial charge in [-0.1, -0.05) is 0 Å². The zero-order valence-electron chi connectivity index (χ0n) is 12.5. The van der Waals surface area contributed by atoms with Crippen molar-refractivity contribution < 1.29 is 4.79 Å². The number of piperazine rings is 1. The van der Waals surface area contributed by atoms with Crippen molar-refractivity contribution in [3.8, 4) is 0 Å². The highest BCUT2D eigenvalue weighted by Crippen LogP contribution is 2.27. The molecule has 4 heteroatoms. The van der Waals surface area contributed by atoms with Crippen molar-refractivity contribution in [1.29, 1.82) is 0 Å². The Bertz CT molecular complexity index is 300. The third-order valence-electron chi connectivity index (χ3n) is 4.97. The predicted molar refractivity (Wildman–Crippen MR) is 77.8 cm³/mol. The van der Waals surface area contributed by atoms with Crippen LogP contribution >= 0.6 is 0 Å². The van der Waals surface area contributed by atoms with Gasteiger partial charge < -0.3 is 15.5 Å². The van der Waals surface area contributed by atoms with E-state index in [9.17, 15) is 4.79 Å². The summed E-state index contributed by atoms with van der Waals surface area (Å²) < 4.78 is 0. The Kier molecular flexibility index (Phi) is 5.22. The number of carbonyl (C=O) groups is 1. The molecule has 19 heavy (non-hydrogen) atoms. The molecule has 2 fully saturated rings. The largest absolute Gasteiger partial charge is 0.340 e.